The van der Waals surface area contributed by atoms with Crippen molar-refractivity contribution in [2.45, 2.75) is 18.9 Å². The van der Waals surface area contributed by atoms with E-state index in [0.717, 1.165) is 39.0 Å². The summed E-state index contributed by atoms with van der Waals surface area (Å²) < 4.78 is 19.6. The van der Waals surface area contributed by atoms with Crippen LogP contribution in [0.4, 0.5) is 9.18 Å². The van der Waals surface area contributed by atoms with E-state index in [-0.39, 0.29) is 11.7 Å². The monoisotopic (exact) mass is 461 g/mol. The molecule has 0 radical (unpaired) electrons. The van der Waals surface area contributed by atoms with Crippen LogP contribution in [-0.2, 0) is 4.79 Å². The van der Waals surface area contributed by atoms with Crippen LogP contribution in [0.2, 0.25) is 0 Å². The highest BCUT2D eigenvalue weighted by Crippen LogP contribution is 2.33. The number of nitrogens with zero attached hydrogens (tertiary/aromatic N) is 4. The van der Waals surface area contributed by atoms with Gasteiger partial charge in [0.15, 0.2) is 5.17 Å². The van der Waals surface area contributed by atoms with Gasteiger partial charge in [0.2, 0.25) is 0 Å². The van der Waals surface area contributed by atoms with E-state index >= 15 is 0 Å². The molecule has 2 fully saturated rings. The van der Waals surface area contributed by atoms with Crippen LogP contribution in [0.25, 0.3) is 6.08 Å². The van der Waals surface area contributed by atoms with E-state index in [1.165, 1.54) is 30.0 Å². The number of carbonyl (C=O) groups is 2. The van der Waals surface area contributed by atoms with Crippen molar-refractivity contribution in [2.75, 3.05) is 53.4 Å². The second kappa shape index (κ2) is 10.0. The lowest BCUT2D eigenvalue weighted by Crippen LogP contribution is -2.45. The van der Waals surface area contributed by atoms with Crippen LogP contribution >= 0.6 is 11.8 Å². The fraction of sp³-hybridized carbons (Fsp3) is 0.500. The van der Waals surface area contributed by atoms with Crippen LogP contribution in [0.5, 0.6) is 5.75 Å². The summed E-state index contributed by atoms with van der Waals surface area (Å²) in [5.41, 5.74) is 0.342. The van der Waals surface area contributed by atoms with Gasteiger partial charge in [-0.3, -0.25) is 4.79 Å². The van der Waals surface area contributed by atoms with Gasteiger partial charge in [-0.2, -0.15) is 4.99 Å². The van der Waals surface area contributed by atoms with Crippen LogP contribution in [0.15, 0.2) is 28.1 Å². The molecule has 0 saturated carbocycles. The molecule has 2 saturated heterocycles. The SMILES string of the molecule is CN(C)C1CCN(C(=O)Oc2ccc(F)cc2C=C2SC(N3CCNCC3)=NC2=O)CC1. The molecule has 32 heavy (non-hydrogen) atoms. The summed E-state index contributed by atoms with van der Waals surface area (Å²) in [5, 5.41) is 3.92. The summed E-state index contributed by atoms with van der Waals surface area (Å²) in [6.07, 6.45) is 2.84. The Morgan fingerprint density at radius 1 is 1.25 bits per heavy atom. The van der Waals surface area contributed by atoms with Gasteiger partial charge in [0, 0.05) is 50.9 Å². The summed E-state index contributed by atoms with van der Waals surface area (Å²) in [4.78, 5) is 35.6. The number of piperazine rings is 1. The quantitative estimate of drug-likeness (QED) is 0.692. The van der Waals surface area contributed by atoms with Crippen LogP contribution in [0.3, 0.4) is 0 Å². The van der Waals surface area contributed by atoms with Crippen molar-refractivity contribution in [1.29, 1.82) is 0 Å². The minimum Gasteiger partial charge on any atom is -0.410 e. The largest absolute Gasteiger partial charge is 0.415 e. The number of aliphatic imine (C=N–C) groups is 1. The molecule has 0 unspecified atom stereocenters. The molecule has 10 heteroatoms. The number of amidine groups is 1. The van der Waals surface area contributed by atoms with Gasteiger partial charge < -0.3 is 24.8 Å². The number of ether oxygens (including phenoxy) is 1. The number of halogens is 1. The summed E-state index contributed by atoms with van der Waals surface area (Å²) in [5.74, 6) is -0.611. The second-order valence-electron chi connectivity index (χ2n) is 8.28. The van der Waals surface area contributed by atoms with Crippen LogP contribution in [0.1, 0.15) is 18.4 Å². The molecule has 0 aliphatic carbocycles. The van der Waals surface area contributed by atoms with E-state index in [2.05, 4.69) is 20.1 Å². The Balaban J connectivity index is 1.46. The molecule has 3 aliphatic rings. The van der Waals surface area contributed by atoms with Gasteiger partial charge in [0.05, 0.1) is 4.91 Å². The number of hydrogen-bond acceptors (Lipinski definition) is 7. The molecule has 0 atom stereocenters. The summed E-state index contributed by atoms with van der Waals surface area (Å²) in [7, 11) is 4.08. The van der Waals surface area contributed by atoms with Gasteiger partial charge >= 0.3 is 6.09 Å². The van der Waals surface area contributed by atoms with Crippen molar-refractivity contribution >= 4 is 35.0 Å². The molecule has 4 rings (SSSR count). The molecule has 3 aliphatic heterocycles. The molecule has 1 aromatic rings. The highest BCUT2D eigenvalue weighted by molar-refractivity contribution is 8.18. The van der Waals surface area contributed by atoms with Crippen LogP contribution in [-0.4, -0.2) is 91.3 Å². The molecule has 0 aromatic heterocycles. The average Bonchev–Trinajstić information content (AvgIpc) is 3.16. The van der Waals surface area contributed by atoms with Gasteiger partial charge in [-0.25, -0.2) is 9.18 Å². The number of benzene rings is 1. The molecule has 1 N–H and O–H groups in total. The number of carbonyl (C=O) groups excluding carboxylic acids is 2. The van der Waals surface area contributed by atoms with Gasteiger partial charge in [0.25, 0.3) is 5.91 Å². The summed E-state index contributed by atoms with van der Waals surface area (Å²) >= 11 is 1.27. The average molecular weight is 462 g/mol. The van der Waals surface area contributed by atoms with Crippen LogP contribution in [0, 0.1) is 5.82 Å². The first-order chi connectivity index (χ1) is 15.4. The smallest absolute Gasteiger partial charge is 0.410 e. The first-order valence-electron chi connectivity index (χ1n) is 10.8. The molecule has 2 amide bonds. The number of rotatable bonds is 3. The van der Waals surface area contributed by atoms with Crippen molar-refractivity contribution in [3.05, 3.63) is 34.5 Å². The normalized spacial score (nSPS) is 21.4. The number of piperidine rings is 1. The van der Waals surface area contributed by atoms with Crippen molar-refractivity contribution in [3.63, 3.8) is 0 Å². The molecule has 1 aromatic carbocycles. The predicted octanol–water partition coefficient (Wildman–Crippen LogP) is 2.23. The Kier molecular flexibility index (Phi) is 7.12. The van der Waals surface area contributed by atoms with Crippen molar-refractivity contribution in [3.8, 4) is 5.75 Å². The van der Waals surface area contributed by atoms with E-state index in [1.807, 2.05) is 14.1 Å². The predicted molar refractivity (Wildman–Crippen MR) is 123 cm³/mol. The zero-order valence-electron chi connectivity index (χ0n) is 18.3. The van der Waals surface area contributed by atoms with Gasteiger partial charge in [0.1, 0.15) is 11.6 Å². The zero-order chi connectivity index (χ0) is 22.7. The highest BCUT2D eigenvalue weighted by Gasteiger charge is 2.28. The zero-order valence-corrected chi connectivity index (χ0v) is 19.2. The third kappa shape index (κ3) is 5.31. The molecular formula is C22H28FN5O3S. The maximum atomic E-state index is 14.0. The Bertz CT molecular complexity index is 937. The van der Waals surface area contributed by atoms with E-state index in [0.29, 0.717) is 34.8 Å². The number of hydrogen-bond donors (Lipinski definition) is 1. The lowest BCUT2D eigenvalue weighted by molar-refractivity contribution is -0.113. The molecular weight excluding hydrogens is 433 g/mol. The third-order valence-corrected chi connectivity index (χ3v) is 6.95. The fourth-order valence-electron chi connectivity index (χ4n) is 3.98. The number of thioether (sulfide) groups is 1. The molecule has 0 bridgehead atoms. The first-order valence-corrected chi connectivity index (χ1v) is 11.6. The number of nitrogens with one attached hydrogen (secondary N) is 1. The maximum Gasteiger partial charge on any atom is 0.415 e. The van der Waals surface area contributed by atoms with E-state index in [1.54, 1.807) is 11.0 Å². The fourth-order valence-corrected chi connectivity index (χ4v) is 4.93. The lowest BCUT2D eigenvalue weighted by atomic mass is 10.0. The van der Waals surface area contributed by atoms with E-state index in [9.17, 15) is 14.0 Å². The lowest BCUT2D eigenvalue weighted by Gasteiger charge is -2.34. The Morgan fingerprint density at radius 2 is 1.97 bits per heavy atom. The van der Waals surface area contributed by atoms with Gasteiger partial charge in [-0.05, 0) is 63.0 Å². The maximum absolute atomic E-state index is 14.0. The number of likely N-dealkylation sites (tertiary alicyclic amines) is 1. The Labute approximate surface area is 191 Å². The van der Waals surface area contributed by atoms with Crippen molar-refractivity contribution < 1.29 is 18.7 Å². The summed E-state index contributed by atoms with van der Waals surface area (Å²) in [6, 6.07) is 4.38. The first kappa shape index (κ1) is 22.8. The van der Waals surface area contributed by atoms with Gasteiger partial charge in [-0.15, -0.1) is 0 Å². The van der Waals surface area contributed by atoms with E-state index in [4.69, 9.17) is 4.74 Å². The summed E-state index contributed by atoms with van der Waals surface area (Å²) in [6.45, 7) is 4.44. The van der Waals surface area contributed by atoms with Crippen LogP contribution < -0.4 is 10.1 Å². The van der Waals surface area contributed by atoms with Crippen molar-refractivity contribution in [2.24, 2.45) is 4.99 Å². The molecule has 3 heterocycles. The van der Waals surface area contributed by atoms with Crippen molar-refractivity contribution in [1.82, 2.24) is 20.0 Å². The highest BCUT2D eigenvalue weighted by atomic mass is 32.2. The molecule has 0 spiro atoms. The minimum atomic E-state index is -0.470. The number of amides is 2. The van der Waals surface area contributed by atoms with Gasteiger partial charge in [-0.1, -0.05) is 0 Å². The standard InChI is InChI=1S/C22H28FN5O3S/c1-26(2)17-5-9-28(10-6-17)22(30)31-18-4-3-16(23)13-15(18)14-19-20(29)25-21(32-19)27-11-7-24-8-12-27/h3-4,13-14,17,24H,5-12H2,1-2H3. The molecule has 8 nitrogen and oxygen atoms in total. The minimum absolute atomic E-state index is 0.225. The van der Waals surface area contributed by atoms with E-state index < -0.39 is 11.9 Å². The third-order valence-electron chi connectivity index (χ3n) is 5.91. The Morgan fingerprint density at radius 3 is 2.66 bits per heavy atom. The topological polar surface area (TPSA) is 77.5 Å². The second-order valence-corrected chi connectivity index (χ2v) is 9.29. The Hall–Kier alpha value is -2.43. The molecule has 172 valence electrons.